The maximum atomic E-state index is 10.9. The predicted octanol–water partition coefficient (Wildman–Crippen LogP) is 1.38. The first-order valence-corrected chi connectivity index (χ1v) is 7.50. The predicted molar refractivity (Wildman–Crippen MR) is 67.1 cm³/mol. The van der Waals surface area contributed by atoms with Crippen molar-refractivity contribution >= 4 is 9.84 Å². The molecule has 0 radical (unpaired) electrons. The Morgan fingerprint density at radius 2 is 1.88 bits per heavy atom. The van der Waals surface area contributed by atoms with Gasteiger partial charge in [0.15, 0.2) is 0 Å². The lowest BCUT2D eigenvalue weighted by atomic mass is 10.0. The van der Waals surface area contributed by atoms with Gasteiger partial charge < -0.3 is 5.73 Å². The summed E-state index contributed by atoms with van der Waals surface area (Å²) in [6.07, 6.45) is 3.47. The van der Waals surface area contributed by atoms with E-state index in [0.29, 0.717) is 6.42 Å². The second kappa shape index (κ2) is 6.01. The van der Waals surface area contributed by atoms with Gasteiger partial charge in [-0.05, 0) is 24.8 Å². The third-order valence-electron chi connectivity index (χ3n) is 2.43. The Morgan fingerprint density at radius 3 is 2.44 bits per heavy atom. The first-order chi connectivity index (χ1) is 7.47. The fraction of sp³-hybridized carbons (Fsp3) is 0.500. The SMILES string of the molecule is CS(=O)(=O)CCCC(N)Cc1ccccc1. The first kappa shape index (κ1) is 13.2. The second-order valence-corrected chi connectivity index (χ2v) is 6.48. The van der Waals surface area contributed by atoms with Crippen LogP contribution in [0.3, 0.4) is 0 Å². The third-order valence-corrected chi connectivity index (χ3v) is 3.46. The number of sulfone groups is 1. The van der Waals surface area contributed by atoms with Gasteiger partial charge >= 0.3 is 0 Å². The minimum atomic E-state index is -2.85. The van der Waals surface area contributed by atoms with Crippen LogP contribution in [-0.2, 0) is 16.3 Å². The molecule has 0 saturated heterocycles. The van der Waals surface area contributed by atoms with Gasteiger partial charge in [-0.25, -0.2) is 8.42 Å². The Bertz CT molecular complexity index is 400. The number of benzene rings is 1. The number of hydrogen-bond donors (Lipinski definition) is 1. The highest BCUT2D eigenvalue weighted by Gasteiger charge is 2.07. The Balaban J connectivity index is 2.29. The molecule has 0 aromatic heterocycles. The highest BCUT2D eigenvalue weighted by Crippen LogP contribution is 2.06. The summed E-state index contributed by atoms with van der Waals surface area (Å²) in [6, 6.07) is 10.1. The van der Waals surface area contributed by atoms with E-state index < -0.39 is 9.84 Å². The molecule has 1 rings (SSSR count). The van der Waals surface area contributed by atoms with Crippen molar-refractivity contribution < 1.29 is 8.42 Å². The lowest BCUT2D eigenvalue weighted by molar-refractivity contribution is 0.577. The highest BCUT2D eigenvalue weighted by atomic mass is 32.2. The molecular formula is C12H19NO2S. The average Bonchev–Trinajstić information content (AvgIpc) is 2.17. The van der Waals surface area contributed by atoms with Crippen LogP contribution in [0.5, 0.6) is 0 Å². The minimum Gasteiger partial charge on any atom is -0.327 e. The molecule has 0 spiro atoms. The zero-order valence-electron chi connectivity index (χ0n) is 9.59. The Kier molecular flexibility index (Phi) is 4.96. The summed E-state index contributed by atoms with van der Waals surface area (Å²) in [6.45, 7) is 0. The van der Waals surface area contributed by atoms with E-state index >= 15 is 0 Å². The summed E-state index contributed by atoms with van der Waals surface area (Å²) in [4.78, 5) is 0. The zero-order chi connectivity index (χ0) is 12.0. The van der Waals surface area contributed by atoms with Crippen LogP contribution in [0.15, 0.2) is 30.3 Å². The molecular weight excluding hydrogens is 222 g/mol. The molecule has 1 aromatic rings. The Morgan fingerprint density at radius 1 is 1.25 bits per heavy atom. The molecule has 0 aliphatic carbocycles. The van der Waals surface area contributed by atoms with Gasteiger partial charge in [-0.3, -0.25) is 0 Å². The van der Waals surface area contributed by atoms with Gasteiger partial charge in [0.25, 0.3) is 0 Å². The van der Waals surface area contributed by atoms with E-state index in [4.69, 9.17) is 5.73 Å². The second-order valence-electron chi connectivity index (χ2n) is 4.22. The van der Waals surface area contributed by atoms with E-state index in [9.17, 15) is 8.42 Å². The van der Waals surface area contributed by atoms with E-state index in [1.807, 2.05) is 30.3 Å². The van der Waals surface area contributed by atoms with Crippen LogP contribution in [0.1, 0.15) is 18.4 Å². The summed E-state index contributed by atoms with van der Waals surface area (Å²) >= 11 is 0. The lowest BCUT2D eigenvalue weighted by Gasteiger charge is -2.10. The topological polar surface area (TPSA) is 60.2 Å². The summed E-state index contributed by atoms with van der Waals surface area (Å²) in [7, 11) is -2.85. The van der Waals surface area contributed by atoms with Gasteiger partial charge in [0, 0.05) is 18.1 Å². The van der Waals surface area contributed by atoms with Gasteiger partial charge in [0.05, 0.1) is 0 Å². The molecule has 0 aliphatic heterocycles. The van der Waals surface area contributed by atoms with Crippen molar-refractivity contribution in [3.05, 3.63) is 35.9 Å². The minimum absolute atomic E-state index is 0.0455. The monoisotopic (exact) mass is 241 g/mol. The average molecular weight is 241 g/mol. The normalized spacial score (nSPS) is 13.6. The largest absolute Gasteiger partial charge is 0.327 e. The van der Waals surface area contributed by atoms with Gasteiger partial charge in [-0.1, -0.05) is 30.3 Å². The van der Waals surface area contributed by atoms with Crippen LogP contribution < -0.4 is 5.73 Å². The van der Waals surface area contributed by atoms with Crippen molar-refractivity contribution in [2.75, 3.05) is 12.0 Å². The van der Waals surface area contributed by atoms with Crippen LogP contribution in [0.25, 0.3) is 0 Å². The van der Waals surface area contributed by atoms with Gasteiger partial charge in [0.2, 0.25) is 0 Å². The molecule has 1 aromatic carbocycles. The number of rotatable bonds is 6. The van der Waals surface area contributed by atoms with Crippen molar-refractivity contribution in [3.8, 4) is 0 Å². The molecule has 3 nitrogen and oxygen atoms in total. The van der Waals surface area contributed by atoms with Gasteiger partial charge in [0.1, 0.15) is 9.84 Å². The molecule has 0 heterocycles. The van der Waals surface area contributed by atoms with Crippen molar-refractivity contribution in [2.24, 2.45) is 5.73 Å². The van der Waals surface area contributed by atoms with E-state index in [-0.39, 0.29) is 11.8 Å². The molecule has 1 unspecified atom stereocenters. The quantitative estimate of drug-likeness (QED) is 0.818. The van der Waals surface area contributed by atoms with Gasteiger partial charge in [-0.2, -0.15) is 0 Å². The fourth-order valence-corrected chi connectivity index (χ4v) is 2.32. The maximum absolute atomic E-state index is 10.9. The maximum Gasteiger partial charge on any atom is 0.147 e. The molecule has 90 valence electrons. The van der Waals surface area contributed by atoms with E-state index in [2.05, 4.69) is 0 Å². The van der Waals surface area contributed by atoms with Crippen LogP contribution in [0, 0.1) is 0 Å². The summed E-state index contributed by atoms with van der Waals surface area (Å²) in [5.41, 5.74) is 7.14. The zero-order valence-corrected chi connectivity index (χ0v) is 10.4. The summed E-state index contributed by atoms with van der Waals surface area (Å²) in [5, 5.41) is 0. The fourth-order valence-electron chi connectivity index (χ4n) is 1.63. The smallest absolute Gasteiger partial charge is 0.147 e. The van der Waals surface area contributed by atoms with E-state index in [0.717, 1.165) is 12.8 Å². The van der Waals surface area contributed by atoms with Crippen molar-refractivity contribution in [1.82, 2.24) is 0 Å². The molecule has 1 atom stereocenters. The summed E-state index contributed by atoms with van der Waals surface area (Å²) in [5.74, 6) is 0.232. The Hall–Kier alpha value is -0.870. The number of hydrogen-bond acceptors (Lipinski definition) is 3. The molecule has 4 heteroatoms. The van der Waals surface area contributed by atoms with Crippen molar-refractivity contribution in [2.45, 2.75) is 25.3 Å². The van der Waals surface area contributed by atoms with Crippen LogP contribution in [0.4, 0.5) is 0 Å². The van der Waals surface area contributed by atoms with Crippen LogP contribution >= 0.6 is 0 Å². The molecule has 0 amide bonds. The summed E-state index contributed by atoms with van der Waals surface area (Å²) < 4.78 is 21.9. The van der Waals surface area contributed by atoms with Crippen LogP contribution in [-0.4, -0.2) is 26.5 Å². The van der Waals surface area contributed by atoms with Crippen molar-refractivity contribution in [1.29, 1.82) is 0 Å². The molecule has 0 saturated carbocycles. The number of nitrogens with two attached hydrogens (primary N) is 1. The standard InChI is InChI=1S/C12H19NO2S/c1-16(14,15)9-5-8-12(13)10-11-6-3-2-4-7-11/h2-4,6-7,12H,5,8-10,13H2,1H3. The lowest BCUT2D eigenvalue weighted by Crippen LogP contribution is -2.23. The molecule has 0 bridgehead atoms. The Labute approximate surface area is 97.6 Å². The molecule has 0 aliphatic rings. The van der Waals surface area contributed by atoms with E-state index in [1.54, 1.807) is 0 Å². The molecule has 2 N–H and O–H groups in total. The highest BCUT2D eigenvalue weighted by molar-refractivity contribution is 7.90. The van der Waals surface area contributed by atoms with Crippen molar-refractivity contribution in [3.63, 3.8) is 0 Å². The van der Waals surface area contributed by atoms with Crippen LogP contribution in [0.2, 0.25) is 0 Å². The molecule has 16 heavy (non-hydrogen) atoms. The third kappa shape index (κ3) is 5.88. The first-order valence-electron chi connectivity index (χ1n) is 5.44. The molecule has 0 fully saturated rings. The van der Waals surface area contributed by atoms with E-state index in [1.165, 1.54) is 11.8 Å². The van der Waals surface area contributed by atoms with Gasteiger partial charge in [-0.15, -0.1) is 0 Å².